The van der Waals surface area contributed by atoms with E-state index in [2.05, 4.69) is 39.9 Å². The van der Waals surface area contributed by atoms with Crippen LogP contribution in [0.15, 0.2) is 12.4 Å². The van der Waals surface area contributed by atoms with Crippen LogP contribution in [0, 0.1) is 0 Å². The van der Waals surface area contributed by atoms with E-state index in [0.717, 1.165) is 24.0 Å². The number of nitrogen functional groups attached to an aromatic ring is 1. The number of aromatic nitrogens is 4. The van der Waals surface area contributed by atoms with Crippen LogP contribution in [-0.4, -0.2) is 65.5 Å². The van der Waals surface area contributed by atoms with Gasteiger partial charge in [-0.15, -0.1) is 0 Å². The van der Waals surface area contributed by atoms with E-state index in [0.29, 0.717) is 11.6 Å². The van der Waals surface area contributed by atoms with Crippen molar-refractivity contribution in [3.63, 3.8) is 0 Å². The Morgan fingerprint density at radius 1 is 0.844 bits per heavy atom. The van der Waals surface area contributed by atoms with Crippen LogP contribution in [0.25, 0.3) is 0 Å². The number of aryl methyl sites for hydroxylation is 2. The summed E-state index contributed by atoms with van der Waals surface area (Å²) < 4.78 is 12.7. The molecule has 2 aromatic heterocycles. The van der Waals surface area contributed by atoms with E-state index in [-0.39, 0.29) is 12.8 Å². The maximum absolute atomic E-state index is 11.3. The Morgan fingerprint density at radius 3 is 1.72 bits per heavy atom. The third-order valence-corrected chi connectivity index (χ3v) is 3.77. The predicted molar refractivity (Wildman–Crippen MR) is 114 cm³/mol. The van der Waals surface area contributed by atoms with Gasteiger partial charge in [0.15, 0.2) is 0 Å². The number of H-pyrrole nitrogens is 2. The fraction of sp³-hybridized carbons (Fsp3) is 0.474. The molecule has 2 rings (SSSR count). The molecule has 0 aliphatic rings. The molecule has 5 N–H and O–H groups in total. The number of ether oxygens (including phenoxy) is 3. The van der Waals surface area contributed by atoms with E-state index >= 15 is 0 Å². The second-order valence-corrected chi connectivity index (χ2v) is 5.92. The molecule has 0 aromatic carbocycles. The molecule has 0 saturated carbocycles. The van der Waals surface area contributed by atoms with Gasteiger partial charge in [0.05, 0.1) is 33.7 Å². The molecule has 0 radical (unpaired) electrons. The third-order valence-electron chi connectivity index (χ3n) is 3.77. The largest absolute Gasteiger partial charge is 0.469 e. The molecule has 0 fully saturated rings. The van der Waals surface area contributed by atoms with Gasteiger partial charge in [-0.3, -0.25) is 29.4 Å². The Morgan fingerprint density at radius 2 is 1.31 bits per heavy atom. The molecule has 32 heavy (non-hydrogen) atoms. The lowest BCUT2D eigenvalue weighted by Crippen LogP contribution is -2.18. The Balaban J connectivity index is 0.000000485. The molecule has 0 spiro atoms. The normalized spacial score (nSPS) is 9.28. The van der Waals surface area contributed by atoms with Crippen molar-refractivity contribution in [1.29, 1.82) is 0 Å². The summed E-state index contributed by atoms with van der Waals surface area (Å²) in [6.45, 7) is 3.99. The van der Waals surface area contributed by atoms with Crippen molar-refractivity contribution in [3.8, 4) is 0 Å². The predicted octanol–water partition coefficient (Wildman–Crippen LogP) is 0.751. The minimum atomic E-state index is -0.582. The summed E-state index contributed by atoms with van der Waals surface area (Å²) in [6, 6.07) is 0. The van der Waals surface area contributed by atoms with Gasteiger partial charge in [0, 0.05) is 11.1 Å². The Hall–Kier alpha value is -3.90. The zero-order valence-corrected chi connectivity index (χ0v) is 18.8. The number of rotatable bonds is 7. The lowest BCUT2D eigenvalue weighted by Gasteiger charge is -2.03. The fourth-order valence-electron chi connectivity index (χ4n) is 1.94. The molecule has 13 heteroatoms. The van der Waals surface area contributed by atoms with Crippen molar-refractivity contribution in [3.05, 3.63) is 23.5 Å². The van der Waals surface area contributed by atoms with Crippen molar-refractivity contribution < 1.29 is 33.4 Å². The zero-order chi connectivity index (χ0) is 24.5. The molecular weight excluding hydrogens is 424 g/mol. The number of nitrogens with zero attached hydrogens (tertiary/aromatic N) is 2. The van der Waals surface area contributed by atoms with Crippen LogP contribution in [0.5, 0.6) is 0 Å². The fourth-order valence-corrected chi connectivity index (χ4v) is 1.94. The molecule has 0 bridgehead atoms. The van der Waals surface area contributed by atoms with Gasteiger partial charge in [-0.05, 0) is 12.8 Å². The molecule has 1 amide bonds. The molecule has 0 aliphatic heterocycles. The number of aromatic amines is 2. The maximum Gasteiger partial charge on any atom is 0.316 e. The average Bonchev–Trinajstić information content (AvgIpc) is 3.41. The van der Waals surface area contributed by atoms with Crippen LogP contribution in [0.4, 0.5) is 11.6 Å². The number of amides is 1. The van der Waals surface area contributed by atoms with Crippen molar-refractivity contribution in [2.24, 2.45) is 0 Å². The minimum Gasteiger partial charge on any atom is -0.469 e. The van der Waals surface area contributed by atoms with Gasteiger partial charge in [0.1, 0.15) is 24.5 Å². The van der Waals surface area contributed by atoms with Crippen LogP contribution < -0.4 is 11.1 Å². The highest BCUT2D eigenvalue weighted by Crippen LogP contribution is 2.11. The van der Waals surface area contributed by atoms with E-state index in [1.54, 1.807) is 12.4 Å². The Kier molecular flexibility index (Phi) is 13.9. The summed E-state index contributed by atoms with van der Waals surface area (Å²) in [5, 5.41) is 15.4. The topological polar surface area (TPSA) is 191 Å². The average molecular weight is 454 g/mol. The highest BCUT2D eigenvalue weighted by atomic mass is 16.5. The standard InChI is InChI=1S/C9H13N3O3.C5H9N3.C5H8O4/c1-3-6-5-10-12-9(6)11-7(13)4-8(14)15-2;1-2-4-3-7-8-5(4)6;1-8-4(6)3-5(7)9-2/h5H,3-4H2,1-2H3,(H2,10,11,12,13);3H,2H2,1H3,(H3,6,7,8);3H2,1-2H3. The second-order valence-electron chi connectivity index (χ2n) is 5.92. The molecule has 0 atom stereocenters. The summed E-state index contributed by atoms with van der Waals surface area (Å²) in [4.78, 5) is 42.6. The summed E-state index contributed by atoms with van der Waals surface area (Å²) in [5.41, 5.74) is 7.42. The first-order valence-corrected chi connectivity index (χ1v) is 9.52. The summed E-state index contributed by atoms with van der Waals surface area (Å²) in [7, 11) is 3.67. The van der Waals surface area contributed by atoms with Crippen molar-refractivity contribution >= 4 is 35.5 Å². The maximum atomic E-state index is 11.3. The molecule has 13 nitrogen and oxygen atoms in total. The molecule has 178 valence electrons. The molecule has 0 aliphatic carbocycles. The van der Waals surface area contributed by atoms with Crippen LogP contribution in [0.3, 0.4) is 0 Å². The number of nitrogens with one attached hydrogen (secondary N) is 3. The van der Waals surface area contributed by atoms with E-state index < -0.39 is 23.8 Å². The van der Waals surface area contributed by atoms with E-state index in [9.17, 15) is 19.2 Å². The van der Waals surface area contributed by atoms with Crippen molar-refractivity contribution in [2.75, 3.05) is 32.4 Å². The Bertz CT molecular complexity index is 848. The smallest absolute Gasteiger partial charge is 0.316 e. The number of esters is 3. The number of carbonyl (C=O) groups excluding carboxylic acids is 4. The van der Waals surface area contributed by atoms with Crippen LogP contribution in [-0.2, 0) is 46.2 Å². The van der Waals surface area contributed by atoms with Gasteiger partial charge in [0.25, 0.3) is 0 Å². The first-order chi connectivity index (χ1) is 15.2. The zero-order valence-electron chi connectivity index (χ0n) is 18.8. The van der Waals surface area contributed by atoms with Gasteiger partial charge in [-0.25, -0.2) is 0 Å². The minimum absolute atomic E-state index is 0.293. The number of carbonyl (C=O) groups is 4. The summed E-state index contributed by atoms with van der Waals surface area (Å²) >= 11 is 0. The summed E-state index contributed by atoms with van der Waals surface area (Å²) in [5.74, 6) is -0.923. The van der Waals surface area contributed by atoms with Crippen molar-refractivity contribution in [1.82, 2.24) is 20.4 Å². The van der Waals surface area contributed by atoms with Crippen LogP contribution in [0.2, 0.25) is 0 Å². The molecular formula is C19H30N6O7. The molecule has 2 aromatic rings. The number of hydrogen-bond donors (Lipinski definition) is 4. The number of nitrogens with two attached hydrogens (primary N) is 1. The third kappa shape index (κ3) is 11.3. The molecule has 0 saturated heterocycles. The van der Waals surface area contributed by atoms with E-state index in [4.69, 9.17) is 5.73 Å². The number of anilines is 2. The first-order valence-electron chi connectivity index (χ1n) is 9.52. The second kappa shape index (κ2) is 15.9. The van der Waals surface area contributed by atoms with Crippen LogP contribution >= 0.6 is 0 Å². The van der Waals surface area contributed by atoms with Crippen LogP contribution in [0.1, 0.15) is 37.8 Å². The lowest BCUT2D eigenvalue weighted by molar-refractivity contribution is -0.151. The monoisotopic (exact) mass is 454 g/mol. The summed E-state index contributed by atoms with van der Waals surface area (Å²) in [6.07, 6.45) is 4.47. The highest BCUT2D eigenvalue weighted by Gasteiger charge is 2.12. The molecule has 0 unspecified atom stereocenters. The Labute approximate surface area is 185 Å². The number of methoxy groups -OCH3 is 3. The highest BCUT2D eigenvalue weighted by molar-refractivity contribution is 6.01. The van der Waals surface area contributed by atoms with Gasteiger partial charge in [-0.1, -0.05) is 13.8 Å². The molecule has 2 heterocycles. The van der Waals surface area contributed by atoms with E-state index in [1.165, 1.54) is 21.3 Å². The van der Waals surface area contributed by atoms with Gasteiger partial charge >= 0.3 is 17.9 Å². The number of hydrogen-bond acceptors (Lipinski definition) is 10. The van der Waals surface area contributed by atoms with Gasteiger partial charge < -0.3 is 25.3 Å². The van der Waals surface area contributed by atoms with Gasteiger partial charge in [-0.2, -0.15) is 10.2 Å². The first kappa shape index (κ1) is 28.1. The lowest BCUT2D eigenvalue weighted by atomic mass is 10.2. The van der Waals surface area contributed by atoms with E-state index in [1.807, 2.05) is 13.8 Å². The van der Waals surface area contributed by atoms with Gasteiger partial charge in [0.2, 0.25) is 5.91 Å². The SMILES string of the molecule is CCc1cn[nH]c1N.CCc1cn[nH]c1NC(=O)CC(=O)OC.COC(=O)CC(=O)OC. The quantitative estimate of drug-likeness (QED) is 0.264. The van der Waals surface area contributed by atoms with Crippen molar-refractivity contribution in [2.45, 2.75) is 39.5 Å².